The van der Waals surface area contributed by atoms with Gasteiger partial charge in [-0.1, -0.05) is 0 Å². The molecule has 5 rings (SSSR count). The molecule has 8 heteroatoms. The maximum atomic E-state index is 11.4. The lowest BCUT2D eigenvalue weighted by molar-refractivity contribution is 0.0796. The van der Waals surface area contributed by atoms with Crippen molar-refractivity contribution in [2.75, 3.05) is 0 Å². The Bertz CT molecular complexity index is 1290. The van der Waals surface area contributed by atoms with Crippen molar-refractivity contribution in [3.63, 3.8) is 0 Å². The maximum absolute atomic E-state index is 11.4. The molecule has 0 spiro atoms. The van der Waals surface area contributed by atoms with E-state index in [9.17, 15) is 15.0 Å². The fourth-order valence-corrected chi connectivity index (χ4v) is 6.69. The molecule has 0 fully saturated rings. The minimum absolute atomic E-state index is 0.234. The molecular formula is C20H16O4S4. The molecule has 0 saturated carbocycles. The molecule has 2 N–H and O–H groups in total. The molecule has 0 aromatic carbocycles. The minimum Gasteiger partial charge on any atom is -0.506 e. The number of aliphatic hydroxyl groups is 1. The molecule has 0 unspecified atom stereocenters. The Hall–Kier alpha value is -1.97. The van der Waals surface area contributed by atoms with Crippen LogP contribution >= 0.6 is 45.3 Å². The topological polar surface area (TPSA) is 70.7 Å². The number of thiophene rings is 4. The van der Waals surface area contributed by atoms with Crippen molar-refractivity contribution in [1.82, 2.24) is 0 Å². The van der Waals surface area contributed by atoms with E-state index < -0.39 is 5.60 Å². The molecular weight excluding hydrogens is 432 g/mol. The van der Waals surface area contributed by atoms with Crippen molar-refractivity contribution in [2.24, 2.45) is 0 Å². The predicted molar refractivity (Wildman–Crippen MR) is 120 cm³/mol. The third-order valence-corrected chi connectivity index (χ3v) is 8.05. The Balaban J connectivity index is 0.000000138. The monoisotopic (exact) mass is 448 g/mol. The number of hydrogen-bond donors (Lipinski definition) is 2. The quantitative estimate of drug-likeness (QED) is 0.324. The Morgan fingerprint density at radius 3 is 2.21 bits per heavy atom. The van der Waals surface area contributed by atoms with Gasteiger partial charge in [0.1, 0.15) is 5.75 Å². The van der Waals surface area contributed by atoms with Gasteiger partial charge in [0.2, 0.25) is 0 Å². The third-order valence-electron chi connectivity index (χ3n) is 4.10. The van der Waals surface area contributed by atoms with Crippen molar-refractivity contribution in [3.05, 3.63) is 61.8 Å². The summed E-state index contributed by atoms with van der Waals surface area (Å²) in [5.41, 5.74) is 0.462. The lowest BCUT2D eigenvalue weighted by atomic mass is 9.99. The van der Waals surface area contributed by atoms with Crippen LogP contribution in [0.2, 0.25) is 0 Å². The Morgan fingerprint density at radius 1 is 0.857 bits per heavy atom. The van der Waals surface area contributed by atoms with E-state index in [4.69, 9.17) is 4.42 Å². The minimum atomic E-state index is -0.869. The van der Waals surface area contributed by atoms with Crippen LogP contribution in [0.1, 0.15) is 19.4 Å². The van der Waals surface area contributed by atoms with E-state index >= 15 is 0 Å². The first-order chi connectivity index (χ1) is 13.4. The molecule has 0 saturated heterocycles. The molecule has 5 aromatic rings. The SMILES string of the molecule is CC(C)(O)c1ccsc1-c1sccc1O.O=c1oc2ccsc2c2sccc12. The molecule has 0 radical (unpaired) electrons. The summed E-state index contributed by atoms with van der Waals surface area (Å²) in [6.45, 7) is 3.51. The van der Waals surface area contributed by atoms with E-state index in [0.717, 1.165) is 24.7 Å². The van der Waals surface area contributed by atoms with Gasteiger partial charge in [-0.05, 0) is 59.6 Å². The number of fused-ring (bicyclic) bond motifs is 3. The summed E-state index contributed by atoms with van der Waals surface area (Å²) in [6, 6.07) is 7.22. The lowest BCUT2D eigenvalue weighted by Crippen LogP contribution is -2.15. The summed E-state index contributed by atoms with van der Waals surface area (Å²) in [5, 5.41) is 28.0. The summed E-state index contributed by atoms with van der Waals surface area (Å²) in [6.07, 6.45) is 0. The molecule has 5 aromatic heterocycles. The molecule has 0 atom stereocenters. The van der Waals surface area contributed by atoms with Gasteiger partial charge in [0.05, 0.1) is 30.1 Å². The Kier molecular flexibility index (Phi) is 5.15. The van der Waals surface area contributed by atoms with E-state index in [2.05, 4.69) is 0 Å². The number of aromatic hydroxyl groups is 1. The Labute approximate surface area is 176 Å². The molecule has 144 valence electrons. The summed E-state index contributed by atoms with van der Waals surface area (Å²) < 4.78 is 7.25. The third kappa shape index (κ3) is 3.54. The average molecular weight is 449 g/mol. The molecule has 0 amide bonds. The molecule has 4 nitrogen and oxygen atoms in total. The second-order valence-corrected chi connectivity index (χ2v) is 10.2. The molecule has 0 aliphatic rings. The van der Waals surface area contributed by atoms with Crippen LogP contribution in [0.25, 0.3) is 30.1 Å². The van der Waals surface area contributed by atoms with Gasteiger partial charge in [0.25, 0.3) is 0 Å². The summed E-state index contributed by atoms with van der Waals surface area (Å²) in [5.74, 6) is 0.285. The zero-order chi connectivity index (χ0) is 19.9. The van der Waals surface area contributed by atoms with Crippen molar-refractivity contribution in [2.45, 2.75) is 19.4 Å². The van der Waals surface area contributed by atoms with Crippen molar-refractivity contribution in [3.8, 4) is 15.5 Å². The predicted octanol–water partition coefficient (Wildman–Crippen LogP) is 6.48. The zero-order valence-electron chi connectivity index (χ0n) is 15.0. The summed E-state index contributed by atoms with van der Waals surface area (Å²) in [4.78, 5) is 13.2. The van der Waals surface area contributed by atoms with Gasteiger partial charge < -0.3 is 14.6 Å². The van der Waals surface area contributed by atoms with E-state index in [0.29, 0.717) is 11.0 Å². The fourth-order valence-electron chi connectivity index (χ4n) is 2.78. The van der Waals surface area contributed by atoms with Crippen LogP contribution in [0, 0.1) is 0 Å². The van der Waals surface area contributed by atoms with Crippen LogP contribution in [0.3, 0.4) is 0 Å². The molecule has 0 bridgehead atoms. The summed E-state index contributed by atoms with van der Waals surface area (Å²) in [7, 11) is 0. The highest BCUT2D eigenvalue weighted by atomic mass is 32.1. The van der Waals surface area contributed by atoms with E-state index in [1.807, 2.05) is 39.7 Å². The van der Waals surface area contributed by atoms with Crippen LogP contribution < -0.4 is 5.63 Å². The van der Waals surface area contributed by atoms with Crippen molar-refractivity contribution in [1.29, 1.82) is 0 Å². The summed E-state index contributed by atoms with van der Waals surface area (Å²) >= 11 is 6.22. The van der Waals surface area contributed by atoms with E-state index in [-0.39, 0.29) is 11.4 Å². The lowest BCUT2D eigenvalue weighted by Gasteiger charge is -2.17. The fraction of sp³-hybridized carbons (Fsp3) is 0.150. The maximum Gasteiger partial charge on any atom is 0.345 e. The van der Waals surface area contributed by atoms with Crippen LogP contribution in [0.5, 0.6) is 5.75 Å². The van der Waals surface area contributed by atoms with Crippen LogP contribution in [0.15, 0.2) is 55.0 Å². The largest absolute Gasteiger partial charge is 0.506 e. The number of hydrogen-bond acceptors (Lipinski definition) is 8. The number of rotatable bonds is 2. The van der Waals surface area contributed by atoms with Gasteiger partial charge in [-0.15, -0.1) is 45.3 Å². The van der Waals surface area contributed by atoms with E-state index in [1.165, 1.54) is 22.7 Å². The van der Waals surface area contributed by atoms with Gasteiger partial charge in [0.15, 0.2) is 5.58 Å². The van der Waals surface area contributed by atoms with Crippen molar-refractivity contribution < 1.29 is 14.6 Å². The molecule has 0 aliphatic heterocycles. The van der Waals surface area contributed by atoms with Crippen LogP contribution in [-0.4, -0.2) is 10.2 Å². The normalized spacial score (nSPS) is 11.7. The smallest absolute Gasteiger partial charge is 0.345 e. The first-order valence-electron chi connectivity index (χ1n) is 8.31. The highest BCUT2D eigenvalue weighted by Gasteiger charge is 2.23. The average Bonchev–Trinajstić information content (AvgIpc) is 3.40. The standard InChI is InChI=1S/C11H12O2S2.C9H4O2S2/c1-11(2,13)7-3-5-14-9(7)10-8(12)4-6-15-10;10-9-5-1-3-12-7(5)8-6(11-9)2-4-13-8/h3-6,12-13H,1-2H3;1-4H. The highest BCUT2D eigenvalue weighted by Crippen LogP contribution is 2.43. The van der Waals surface area contributed by atoms with Gasteiger partial charge >= 0.3 is 5.63 Å². The van der Waals surface area contributed by atoms with E-state index in [1.54, 1.807) is 42.6 Å². The van der Waals surface area contributed by atoms with Gasteiger partial charge in [0, 0.05) is 5.56 Å². The first kappa shape index (κ1) is 19.4. The molecule has 28 heavy (non-hydrogen) atoms. The Morgan fingerprint density at radius 2 is 1.50 bits per heavy atom. The molecule has 5 heterocycles. The van der Waals surface area contributed by atoms with Crippen LogP contribution in [-0.2, 0) is 5.60 Å². The van der Waals surface area contributed by atoms with Gasteiger partial charge in [-0.2, -0.15) is 0 Å². The highest BCUT2D eigenvalue weighted by molar-refractivity contribution is 7.25. The van der Waals surface area contributed by atoms with Crippen molar-refractivity contribution >= 4 is 65.7 Å². The first-order valence-corrected chi connectivity index (χ1v) is 11.8. The van der Waals surface area contributed by atoms with Gasteiger partial charge in [-0.3, -0.25) is 0 Å². The molecule has 0 aliphatic carbocycles. The second-order valence-electron chi connectivity index (χ2n) is 6.52. The van der Waals surface area contributed by atoms with Crippen LogP contribution in [0.4, 0.5) is 0 Å². The second kappa shape index (κ2) is 7.46. The van der Waals surface area contributed by atoms with Gasteiger partial charge in [-0.25, -0.2) is 4.79 Å². The zero-order valence-corrected chi connectivity index (χ0v) is 18.2.